The quantitative estimate of drug-likeness (QED) is 0.699. The summed E-state index contributed by atoms with van der Waals surface area (Å²) in [5.41, 5.74) is 0. The molecule has 0 spiro atoms. The lowest BCUT2D eigenvalue weighted by molar-refractivity contribution is -0.114. The first kappa shape index (κ1) is 11.7. The highest BCUT2D eigenvalue weighted by atomic mass is 32.1. The first-order valence-corrected chi connectivity index (χ1v) is 5.21. The zero-order valence-electron chi connectivity index (χ0n) is 8.24. The monoisotopic (exact) mass is 228 g/mol. The zero-order valence-corrected chi connectivity index (χ0v) is 9.06. The third-order valence-corrected chi connectivity index (χ3v) is 2.53. The molecule has 1 rings (SSSR count). The van der Waals surface area contributed by atoms with E-state index < -0.39 is 0 Å². The number of carbonyl (C=O) groups is 2. The van der Waals surface area contributed by atoms with Crippen molar-refractivity contribution in [3.63, 3.8) is 0 Å². The normalized spacial score (nSPS) is 9.73. The molecule has 2 amide bonds. The van der Waals surface area contributed by atoms with Crippen LogP contribution < -0.4 is 10.6 Å². The van der Waals surface area contributed by atoms with Crippen LogP contribution in [0, 0.1) is 0 Å². The fourth-order valence-electron chi connectivity index (χ4n) is 0.957. The van der Waals surface area contributed by atoms with E-state index in [2.05, 4.69) is 10.6 Å². The molecule has 1 heterocycles. The second-order valence-electron chi connectivity index (χ2n) is 2.82. The van der Waals surface area contributed by atoms with Crippen molar-refractivity contribution in [2.24, 2.45) is 0 Å². The molecule has 1 aromatic rings. The first-order chi connectivity index (χ1) is 7.13. The number of hydrogen-bond acceptors (Lipinski definition) is 4. The summed E-state index contributed by atoms with van der Waals surface area (Å²) in [7, 11) is 0. The van der Waals surface area contributed by atoms with Crippen LogP contribution in [0.1, 0.15) is 16.6 Å². The maximum atomic E-state index is 11.4. The van der Waals surface area contributed by atoms with E-state index in [4.69, 9.17) is 5.11 Å². The minimum absolute atomic E-state index is 0.0876. The number of thiophene rings is 1. The van der Waals surface area contributed by atoms with E-state index in [-0.39, 0.29) is 25.0 Å². The summed E-state index contributed by atoms with van der Waals surface area (Å²) in [5, 5.41) is 14.3. The summed E-state index contributed by atoms with van der Waals surface area (Å²) < 4.78 is 0. The third-order valence-electron chi connectivity index (χ3n) is 1.53. The van der Waals surface area contributed by atoms with E-state index in [0.29, 0.717) is 9.88 Å². The van der Waals surface area contributed by atoms with Gasteiger partial charge in [-0.05, 0) is 12.1 Å². The molecule has 0 unspecified atom stereocenters. The van der Waals surface area contributed by atoms with Gasteiger partial charge >= 0.3 is 0 Å². The maximum absolute atomic E-state index is 11.4. The molecule has 15 heavy (non-hydrogen) atoms. The van der Waals surface area contributed by atoms with E-state index >= 15 is 0 Å². The molecule has 0 fully saturated rings. The lowest BCUT2D eigenvalue weighted by Crippen LogP contribution is -2.25. The van der Waals surface area contributed by atoms with Gasteiger partial charge in [0.05, 0.1) is 16.5 Å². The molecule has 3 N–H and O–H groups in total. The van der Waals surface area contributed by atoms with Crippen LogP contribution in [0.2, 0.25) is 0 Å². The number of nitrogens with one attached hydrogen (secondary N) is 2. The van der Waals surface area contributed by atoms with Crippen molar-refractivity contribution < 1.29 is 14.7 Å². The number of rotatable bonds is 4. The lowest BCUT2D eigenvalue weighted by atomic mass is 10.4. The molecule has 0 aliphatic rings. The highest BCUT2D eigenvalue weighted by Crippen LogP contribution is 2.21. The van der Waals surface area contributed by atoms with Gasteiger partial charge in [0.15, 0.2) is 0 Å². The van der Waals surface area contributed by atoms with Gasteiger partial charge in [0.1, 0.15) is 0 Å². The van der Waals surface area contributed by atoms with Crippen LogP contribution in [0.3, 0.4) is 0 Å². The topological polar surface area (TPSA) is 78.4 Å². The average Bonchev–Trinajstić information content (AvgIpc) is 2.61. The minimum Gasteiger partial charge on any atom is -0.395 e. The predicted octanol–water partition coefficient (Wildman–Crippen LogP) is 0.429. The third kappa shape index (κ3) is 3.69. The Morgan fingerprint density at radius 1 is 1.47 bits per heavy atom. The van der Waals surface area contributed by atoms with E-state index in [1.54, 1.807) is 12.1 Å². The fourth-order valence-corrected chi connectivity index (χ4v) is 1.83. The molecule has 0 atom stereocenters. The zero-order chi connectivity index (χ0) is 11.3. The molecule has 0 radical (unpaired) electrons. The van der Waals surface area contributed by atoms with Crippen molar-refractivity contribution in [2.75, 3.05) is 18.5 Å². The van der Waals surface area contributed by atoms with Gasteiger partial charge in [-0.1, -0.05) is 0 Å². The second kappa shape index (κ2) is 5.47. The summed E-state index contributed by atoms with van der Waals surface area (Å²) >= 11 is 1.19. The highest BCUT2D eigenvalue weighted by molar-refractivity contribution is 7.18. The van der Waals surface area contributed by atoms with E-state index in [1.807, 2.05) is 0 Å². The lowest BCUT2D eigenvalue weighted by Gasteiger charge is -1.99. The number of amides is 2. The Labute approximate surface area is 91.1 Å². The number of aliphatic hydroxyl groups excluding tert-OH is 1. The molecule has 5 nitrogen and oxygen atoms in total. The van der Waals surface area contributed by atoms with E-state index in [0.717, 1.165) is 0 Å². The molecule has 82 valence electrons. The van der Waals surface area contributed by atoms with E-state index in [1.165, 1.54) is 18.3 Å². The smallest absolute Gasteiger partial charge is 0.261 e. The maximum Gasteiger partial charge on any atom is 0.261 e. The van der Waals surface area contributed by atoms with Crippen molar-refractivity contribution in [1.82, 2.24) is 5.32 Å². The Kier molecular flexibility index (Phi) is 4.26. The average molecular weight is 228 g/mol. The molecule has 0 bridgehead atoms. The second-order valence-corrected chi connectivity index (χ2v) is 3.91. The molecule has 6 heteroatoms. The largest absolute Gasteiger partial charge is 0.395 e. The van der Waals surface area contributed by atoms with Crippen molar-refractivity contribution in [3.05, 3.63) is 17.0 Å². The Hall–Kier alpha value is -1.40. The Balaban J connectivity index is 2.59. The van der Waals surface area contributed by atoms with Gasteiger partial charge in [0.25, 0.3) is 5.91 Å². The van der Waals surface area contributed by atoms with Crippen LogP contribution in [0.4, 0.5) is 5.00 Å². The first-order valence-electron chi connectivity index (χ1n) is 4.40. The Bertz CT molecular complexity index is 362. The molecule has 1 aromatic heterocycles. The standard InChI is InChI=1S/C9H12N2O3S/c1-6(13)11-8-3-2-7(15-8)9(14)10-4-5-12/h2-3,12H,4-5H2,1H3,(H,10,14)(H,11,13). The molecule has 0 aliphatic carbocycles. The van der Waals surface area contributed by atoms with Crippen molar-refractivity contribution in [2.45, 2.75) is 6.92 Å². The van der Waals surface area contributed by atoms with Gasteiger partial charge in [-0.2, -0.15) is 0 Å². The van der Waals surface area contributed by atoms with Gasteiger partial charge < -0.3 is 15.7 Å². The van der Waals surface area contributed by atoms with Crippen molar-refractivity contribution in [1.29, 1.82) is 0 Å². The van der Waals surface area contributed by atoms with Gasteiger partial charge in [-0.3, -0.25) is 9.59 Å². The minimum atomic E-state index is -0.245. The number of hydrogen-bond donors (Lipinski definition) is 3. The summed E-state index contributed by atoms with van der Waals surface area (Å²) in [4.78, 5) is 22.6. The molecule has 0 aliphatic heterocycles. The molecule has 0 aromatic carbocycles. The SMILES string of the molecule is CC(=O)Nc1ccc(C(=O)NCCO)s1. The van der Waals surface area contributed by atoms with Crippen LogP contribution >= 0.6 is 11.3 Å². The molecule has 0 saturated heterocycles. The van der Waals surface area contributed by atoms with Crippen LogP contribution in [0.25, 0.3) is 0 Å². The number of anilines is 1. The van der Waals surface area contributed by atoms with Crippen molar-refractivity contribution in [3.8, 4) is 0 Å². The van der Waals surface area contributed by atoms with Crippen LogP contribution in [0.5, 0.6) is 0 Å². The van der Waals surface area contributed by atoms with Crippen molar-refractivity contribution >= 4 is 28.2 Å². The van der Waals surface area contributed by atoms with Crippen LogP contribution in [0.15, 0.2) is 12.1 Å². The summed E-state index contributed by atoms with van der Waals surface area (Å²) in [6.07, 6.45) is 0. The van der Waals surface area contributed by atoms with Gasteiger partial charge in [-0.25, -0.2) is 0 Å². The van der Waals surface area contributed by atoms with Crippen LogP contribution in [-0.4, -0.2) is 30.1 Å². The van der Waals surface area contributed by atoms with Gasteiger partial charge in [0, 0.05) is 13.5 Å². The highest BCUT2D eigenvalue weighted by Gasteiger charge is 2.08. The summed E-state index contributed by atoms with van der Waals surface area (Å²) in [6.45, 7) is 1.55. The fraction of sp³-hybridized carbons (Fsp3) is 0.333. The van der Waals surface area contributed by atoms with Crippen LogP contribution in [-0.2, 0) is 4.79 Å². The van der Waals surface area contributed by atoms with Gasteiger partial charge in [-0.15, -0.1) is 11.3 Å². The Morgan fingerprint density at radius 2 is 2.20 bits per heavy atom. The molecule has 0 saturated carbocycles. The number of aliphatic hydroxyl groups is 1. The van der Waals surface area contributed by atoms with Gasteiger partial charge in [0.2, 0.25) is 5.91 Å². The summed E-state index contributed by atoms with van der Waals surface area (Å²) in [6, 6.07) is 3.29. The molecular weight excluding hydrogens is 216 g/mol. The number of carbonyl (C=O) groups excluding carboxylic acids is 2. The molecular formula is C9H12N2O3S. The Morgan fingerprint density at radius 3 is 2.80 bits per heavy atom. The summed E-state index contributed by atoms with van der Waals surface area (Å²) in [5.74, 6) is -0.412. The predicted molar refractivity (Wildman–Crippen MR) is 58.0 cm³/mol. The van der Waals surface area contributed by atoms with E-state index in [9.17, 15) is 9.59 Å².